The molecule has 1 heterocycles. The second kappa shape index (κ2) is 6.75. The second-order valence-electron chi connectivity index (χ2n) is 5.78. The lowest BCUT2D eigenvalue weighted by atomic mass is 9.77. The minimum absolute atomic E-state index is 0.0662. The molecule has 1 saturated heterocycles. The van der Waals surface area contributed by atoms with Crippen LogP contribution in [0.15, 0.2) is 18.2 Å². The third-order valence-corrected chi connectivity index (χ3v) is 4.76. The summed E-state index contributed by atoms with van der Waals surface area (Å²) in [6.07, 6.45) is 2.66. The number of hydrogen-bond donors (Lipinski definition) is 1. The zero-order valence-electron chi connectivity index (χ0n) is 12.6. The van der Waals surface area contributed by atoms with Crippen LogP contribution in [-0.2, 0) is 11.3 Å². The van der Waals surface area contributed by atoms with Crippen molar-refractivity contribution < 1.29 is 9.18 Å². The van der Waals surface area contributed by atoms with Crippen molar-refractivity contribution in [1.82, 2.24) is 10.2 Å². The van der Waals surface area contributed by atoms with E-state index in [0.29, 0.717) is 17.1 Å². The van der Waals surface area contributed by atoms with Crippen molar-refractivity contribution in [2.75, 3.05) is 20.1 Å². The van der Waals surface area contributed by atoms with E-state index >= 15 is 0 Å². The summed E-state index contributed by atoms with van der Waals surface area (Å²) in [4.78, 5) is 14.4. The summed E-state index contributed by atoms with van der Waals surface area (Å²) >= 11 is 6.04. The molecule has 0 spiro atoms. The molecule has 5 heteroatoms. The maximum Gasteiger partial charge on any atom is 0.230 e. The molecule has 1 amide bonds. The summed E-state index contributed by atoms with van der Waals surface area (Å²) in [6, 6.07) is 4.59. The van der Waals surface area contributed by atoms with Gasteiger partial charge in [-0.05, 0) is 37.9 Å². The van der Waals surface area contributed by atoms with E-state index in [1.165, 1.54) is 6.07 Å². The van der Waals surface area contributed by atoms with Gasteiger partial charge in [-0.15, -0.1) is 0 Å². The first-order valence-electron chi connectivity index (χ1n) is 7.39. The largest absolute Gasteiger partial charge is 0.341 e. The highest BCUT2D eigenvalue weighted by Crippen LogP contribution is 2.33. The molecule has 1 aliphatic rings. The van der Waals surface area contributed by atoms with E-state index in [-0.39, 0.29) is 23.7 Å². The third-order valence-electron chi connectivity index (χ3n) is 4.41. The molecule has 1 N–H and O–H groups in total. The number of carbonyl (C=O) groups excluding carboxylic acids is 1. The van der Waals surface area contributed by atoms with Crippen molar-refractivity contribution in [1.29, 1.82) is 0 Å². The molecule has 0 aromatic heterocycles. The summed E-state index contributed by atoms with van der Waals surface area (Å²) in [6.45, 7) is 3.89. The van der Waals surface area contributed by atoms with Gasteiger partial charge in [0.1, 0.15) is 5.82 Å². The van der Waals surface area contributed by atoms with Gasteiger partial charge in [-0.2, -0.15) is 0 Å². The van der Waals surface area contributed by atoms with E-state index in [4.69, 9.17) is 11.6 Å². The number of halogens is 2. The number of nitrogens with one attached hydrogen (secondary N) is 1. The molecule has 21 heavy (non-hydrogen) atoms. The highest BCUT2D eigenvalue weighted by atomic mass is 35.5. The van der Waals surface area contributed by atoms with E-state index in [1.807, 2.05) is 6.92 Å². The molecule has 3 nitrogen and oxygen atoms in total. The van der Waals surface area contributed by atoms with E-state index in [1.54, 1.807) is 24.1 Å². The fraction of sp³-hybridized carbons (Fsp3) is 0.562. The van der Waals surface area contributed by atoms with Gasteiger partial charge >= 0.3 is 0 Å². The van der Waals surface area contributed by atoms with Gasteiger partial charge in [0.2, 0.25) is 5.91 Å². The molecule has 0 bridgehead atoms. The predicted molar refractivity (Wildman–Crippen MR) is 82.7 cm³/mol. The zero-order chi connectivity index (χ0) is 15.5. The van der Waals surface area contributed by atoms with Crippen LogP contribution in [0.4, 0.5) is 4.39 Å². The fourth-order valence-electron chi connectivity index (χ4n) is 3.00. The fourth-order valence-corrected chi connectivity index (χ4v) is 3.22. The Balaban J connectivity index is 2.15. The Bertz CT molecular complexity index is 495. The van der Waals surface area contributed by atoms with Gasteiger partial charge in [0.25, 0.3) is 0 Å². The molecule has 1 aromatic carbocycles. The van der Waals surface area contributed by atoms with Crippen molar-refractivity contribution in [2.45, 2.75) is 32.7 Å². The van der Waals surface area contributed by atoms with Crippen LogP contribution in [0.5, 0.6) is 0 Å². The van der Waals surface area contributed by atoms with Crippen LogP contribution in [0.25, 0.3) is 0 Å². The Morgan fingerprint density at radius 1 is 1.52 bits per heavy atom. The molecular weight excluding hydrogens is 291 g/mol. The van der Waals surface area contributed by atoms with Gasteiger partial charge in [0.15, 0.2) is 0 Å². The van der Waals surface area contributed by atoms with Crippen LogP contribution in [0, 0.1) is 11.2 Å². The molecule has 0 aliphatic carbocycles. The Labute approximate surface area is 130 Å². The first kappa shape index (κ1) is 16.2. The Kier molecular flexibility index (Phi) is 5.22. The SMILES string of the molecule is CCC1(C(=O)N(C)Cc2c(F)cccc2Cl)CCCNC1. The maximum atomic E-state index is 13.9. The molecule has 1 aliphatic heterocycles. The van der Waals surface area contributed by atoms with Crippen molar-refractivity contribution in [3.63, 3.8) is 0 Å². The topological polar surface area (TPSA) is 32.3 Å². The first-order valence-corrected chi connectivity index (χ1v) is 7.77. The summed E-state index contributed by atoms with van der Waals surface area (Å²) in [5, 5.41) is 3.66. The standard InChI is InChI=1S/C16H22ClFN2O/c1-3-16(8-5-9-19-11-16)15(21)20(2)10-12-13(17)6-4-7-14(12)18/h4,6-7,19H,3,5,8-11H2,1-2H3. The van der Waals surface area contributed by atoms with Gasteiger partial charge < -0.3 is 10.2 Å². The van der Waals surface area contributed by atoms with Crippen LogP contribution in [-0.4, -0.2) is 30.9 Å². The van der Waals surface area contributed by atoms with Gasteiger partial charge in [-0.25, -0.2) is 4.39 Å². The van der Waals surface area contributed by atoms with Gasteiger partial charge in [0.05, 0.1) is 5.41 Å². The molecule has 1 atom stereocenters. The molecule has 0 saturated carbocycles. The van der Waals surface area contributed by atoms with Crippen molar-refractivity contribution >= 4 is 17.5 Å². The minimum atomic E-state index is -0.370. The lowest BCUT2D eigenvalue weighted by Crippen LogP contribution is -2.50. The summed E-state index contributed by atoms with van der Waals surface area (Å²) in [7, 11) is 1.72. The highest BCUT2D eigenvalue weighted by Gasteiger charge is 2.39. The third kappa shape index (κ3) is 3.38. The number of piperidine rings is 1. The Morgan fingerprint density at radius 3 is 2.86 bits per heavy atom. The number of nitrogens with zero attached hydrogens (tertiary/aromatic N) is 1. The number of benzene rings is 1. The molecular formula is C16H22ClFN2O. The van der Waals surface area contributed by atoms with Crippen LogP contribution in [0.1, 0.15) is 31.7 Å². The Hall–Kier alpha value is -1.13. The van der Waals surface area contributed by atoms with Crippen molar-refractivity contribution in [2.24, 2.45) is 5.41 Å². The van der Waals surface area contributed by atoms with E-state index in [0.717, 1.165) is 25.8 Å². The molecule has 1 aromatic rings. The summed E-state index contributed by atoms with van der Waals surface area (Å²) < 4.78 is 13.9. The van der Waals surface area contributed by atoms with E-state index in [2.05, 4.69) is 5.32 Å². The minimum Gasteiger partial charge on any atom is -0.341 e. The number of amides is 1. The second-order valence-corrected chi connectivity index (χ2v) is 6.18. The predicted octanol–water partition coefficient (Wildman–Crippen LogP) is 3.22. The number of rotatable bonds is 4. The highest BCUT2D eigenvalue weighted by molar-refractivity contribution is 6.31. The lowest BCUT2D eigenvalue weighted by Gasteiger charge is -2.38. The molecule has 116 valence electrons. The van der Waals surface area contributed by atoms with Crippen LogP contribution in [0.2, 0.25) is 5.02 Å². The summed E-state index contributed by atoms with van der Waals surface area (Å²) in [5.74, 6) is -0.300. The maximum absolute atomic E-state index is 13.9. The zero-order valence-corrected chi connectivity index (χ0v) is 13.3. The van der Waals surface area contributed by atoms with Gasteiger partial charge in [0, 0.05) is 30.7 Å². The van der Waals surface area contributed by atoms with Crippen LogP contribution >= 0.6 is 11.6 Å². The molecule has 1 fully saturated rings. The van der Waals surface area contributed by atoms with E-state index < -0.39 is 0 Å². The molecule has 0 radical (unpaired) electrons. The molecule has 1 unspecified atom stereocenters. The van der Waals surface area contributed by atoms with Gasteiger partial charge in [-0.3, -0.25) is 4.79 Å². The average Bonchev–Trinajstić information content (AvgIpc) is 2.50. The van der Waals surface area contributed by atoms with Gasteiger partial charge in [-0.1, -0.05) is 24.6 Å². The van der Waals surface area contributed by atoms with Crippen molar-refractivity contribution in [3.05, 3.63) is 34.6 Å². The Morgan fingerprint density at radius 2 is 2.29 bits per heavy atom. The van der Waals surface area contributed by atoms with Crippen LogP contribution < -0.4 is 5.32 Å². The van der Waals surface area contributed by atoms with Crippen LogP contribution in [0.3, 0.4) is 0 Å². The van der Waals surface area contributed by atoms with Crippen molar-refractivity contribution in [3.8, 4) is 0 Å². The lowest BCUT2D eigenvalue weighted by molar-refractivity contribution is -0.142. The number of carbonyl (C=O) groups is 1. The molecule has 2 rings (SSSR count). The summed E-state index contributed by atoms with van der Waals surface area (Å²) in [5.41, 5.74) is 0.00936. The normalized spacial score (nSPS) is 22.1. The number of hydrogen-bond acceptors (Lipinski definition) is 2. The van der Waals surface area contributed by atoms with E-state index in [9.17, 15) is 9.18 Å². The smallest absolute Gasteiger partial charge is 0.230 e. The first-order chi connectivity index (χ1) is 10.00. The monoisotopic (exact) mass is 312 g/mol. The quantitative estimate of drug-likeness (QED) is 0.926. The average molecular weight is 313 g/mol.